The molecule has 1 aromatic carbocycles. The van der Waals surface area contributed by atoms with Crippen LogP contribution in [0.2, 0.25) is 0 Å². The highest BCUT2D eigenvalue weighted by molar-refractivity contribution is 6.09. The fraction of sp³-hybridized carbons (Fsp3) is 0.316. The van der Waals surface area contributed by atoms with Crippen molar-refractivity contribution in [1.29, 1.82) is 0 Å². The number of furan rings is 1. The largest absolute Gasteiger partial charge is 0.484 e. The summed E-state index contributed by atoms with van der Waals surface area (Å²) in [6, 6.07) is 8.77. The van der Waals surface area contributed by atoms with Gasteiger partial charge in [-0.25, -0.2) is 9.59 Å². The second kappa shape index (κ2) is 9.42. The van der Waals surface area contributed by atoms with Crippen molar-refractivity contribution in [3.05, 3.63) is 47.2 Å². The molecule has 0 bridgehead atoms. The Labute approximate surface area is 156 Å². The molecule has 0 aliphatic heterocycles. The SMILES string of the molecule is CCOC(=O)c1c(C)oc(NC(=O)COc2ccccc2)c1C(=O)OCC. The van der Waals surface area contributed by atoms with E-state index < -0.39 is 17.8 Å². The minimum absolute atomic E-state index is 0.0745. The number of para-hydroxylation sites is 1. The third-order valence-corrected chi connectivity index (χ3v) is 3.41. The van der Waals surface area contributed by atoms with Gasteiger partial charge >= 0.3 is 11.9 Å². The Hall–Kier alpha value is -3.29. The van der Waals surface area contributed by atoms with E-state index in [-0.39, 0.29) is 42.6 Å². The molecule has 0 atom stereocenters. The van der Waals surface area contributed by atoms with Gasteiger partial charge in [0.25, 0.3) is 5.91 Å². The molecule has 1 aromatic heterocycles. The van der Waals surface area contributed by atoms with Gasteiger partial charge < -0.3 is 18.6 Å². The zero-order valence-corrected chi connectivity index (χ0v) is 15.4. The summed E-state index contributed by atoms with van der Waals surface area (Å²) in [5, 5.41) is 2.44. The zero-order valence-electron chi connectivity index (χ0n) is 15.4. The molecule has 0 aliphatic carbocycles. The molecule has 8 heteroatoms. The van der Waals surface area contributed by atoms with Crippen LogP contribution in [0.1, 0.15) is 40.3 Å². The van der Waals surface area contributed by atoms with Crippen LogP contribution in [-0.2, 0) is 14.3 Å². The lowest BCUT2D eigenvalue weighted by Gasteiger charge is -2.08. The molecule has 1 amide bonds. The van der Waals surface area contributed by atoms with E-state index in [1.807, 2.05) is 6.07 Å². The summed E-state index contributed by atoms with van der Waals surface area (Å²) >= 11 is 0. The first kappa shape index (κ1) is 20.0. The lowest BCUT2D eigenvalue weighted by molar-refractivity contribution is -0.118. The molecular weight excluding hydrogens is 354 g/mol. The van der Waals surface area contributed by atoms with Gasteiger partial charge in [-0.05, 0) is 32.9 Å². The van der Waals surface area contributed by atoms with Gasteiger partial charge in [-0.2, -0.15) is 0 Å². The summed E-state index contributed by atoms with van der Waals surface area (Å²) in [4.78, 5) is 36.6. The predicted octanol–water partition coefficient (Wildman–Crippen LogP) is 2.96. The fourth-order valence-corrected chi connectivity index (χ4v) is 2.31. The first-order valence-corrected chi connectivity index (χ1v) is 8.43. The standard InChI is InChI=1S/C19H21NO7/c1-4-24-18(22)15-12(3)27-17(16(15)19(23)25-5-2)20-14(21)11-26-13-9-7-6-8-10-13/h6-10H,4-5,11H2,1-3H3,(H,20,21). The number of rotatable bonds is 8. The van der Waals surface area contributed by atoms with E-state index in [0.29, 0.717) is 5.75 Å². The molecule has 2 rings (SSSR count). The minimum atomic E-state index is -0.795. The number of hydrogen-bond acceptors (Lipinski definition) is 7. The smallest absolute Gasteiger partial charge is 0.344 e. The molecule has 0 saturated carbocycles. The van der Waals surface area contributed by atoms with E-state index in [4.69, 9.17) is 18.6 Å². The Balaban J connectivity index is 2.21. The van der Waals surface area contributed by atoms with Gasteiger partial charge in [-0.3, -0.25) is 10.1 Å². The van der Waals surface area contributed by atoms with Crippen molar-refractivity contribution < 1.29 is 33.0 Å². The highest BCUT2D eigenvalue weighted by atomic mass is 16.5. The van der Waals surface area contributed by atoms with Crippen molar-refractivity contribution in [3.8, 4) is 5.75 Å². The maximum Gasteiger partial charge on any atom is 0.344 e. The molecule has 144 valence electrons. The fourth-order valence-electron chi connectivity index (χ4n) is 2.31. The Morgan fingerprint density at radius 2 is 1.56 bits per heavy atom. The third kappa shape index (κ3) is 5.10. The van der Waals surface area contributed by atoms with Gasteiger partial charge in [-0.15, -0.1) is 0 Å². The van der Waals surface area contributed by atoms with Crippen molar-refractivity contribution in [2.24, 2.45) is 0 Å². The second-order valence-corrected chi connectivity index (χ2v) is 5.33. The molecule has 0 saturated heterocycles. The van der Waals surface area contributed by atoms with Gasteiger partial charge in [0.05, 0.1) is 13.2 Å². The molecule has 0 unspecified atom stereocenters. The first-order valence-electron chi connectivity index (χ1n) is 8.43. The highest BCUT2D eigenvalue weighted by Crippen LogP contribution is 2.29. The van der Waals surface area contributed by atoms with Crippen molar-refractivity contribution in [3.63, 3.8) is 0 Å². The van der Waals surface area contributed by atoms with Crippen LogP contribution < -0.4 is 10.1 Å². The summed E-state index contributed by atoms with van der Waals surface area (Å²) in [5.74, 6) is -1.62. The van der Waals surface area contributed by atoms with Gasteiger partial charge in [0.1, 0.15) is 22.6 Å². The summed E-state index contributed by atoms with van der Waals surface area (Å²) in [5.41, 5.74) is -0.254. The van der Waals surface area contributed by atoms with Crippen molar-refractivity contribution in [2.75, 3.05) is 25.1 Å². The topological polar surface area (TPSA) is 104 Å². The number of carbonyl (C=O) groups is 3. The zero-order chi connectivity index (χ0) is 19.8. The molecule has 1 heterocycles. The molecule has 27 heavy (non-hydrogen) atoms. The number of hydrogen-bond donors (Lipinski definition) is 1. The van der Waals surface area contributed by atoms with Crippen LogP contribution in [0.3, 0.4) is 0 Å². The van der Waals surface area contributed by atoms with Crippen LogP contribution in [0.5, 0.6) is 5.75 Å². The van der Waals surface area contributed by atoms with E-state index in [1.54, 1.807) is 38.1 Å². The quantitative estimate of drug-likeness (QED) is 0.707. The van der Waals surface area contributed by atoms with Gasteiger partial charge in [0, 0.05) is 0 Å². The Kier molecular flexibility index (Phi) is 6.99. The molecule has 0 fully saturated rings. The van der Waals surface area contributed by atoms with Gasteiger partial charge in [-0.1, -0.05) is 18.2 Å². The summed E-state index contributed by atoms with van der Waals surface area (Å²) in [6.07, 6.45) is 0. The number of benzene rings is 1. The molecule has 2 aromatic rings. The lowest BCUT2D eigenvalue weighted by atomic mass is 10.1. The van der Waals surface area contributed by atoms with E-state index >= 15 is 0 Å². The number of aryl methyl sites for hydroxylation is 1. The molecule has 0 spiro atoms. The molecule has 1 N–H and O–H groups in total. The van der Waals surface area contributed by atoms with E-state index in [9.17, 15) is 14.4 Å². The minimum Gasteiger partial charge on any atom is -0.484 e. The number of anilines is 1. The van der Waals surface area contributed by atoms with Crippen LogP contribution in [0.4, 0.5) is 5.88 Å². The van der Waals surface area contributed by atoms with Crippen LogP contribution in [0.15, 0.2) is 34.7 Å². The maximum atomic E-state index is 12.3. The van der Waals surface area contributed by atoms with Crippen LogP contribution >= 0.6 is 0 Å². The Morgan fingerprint density at radius 3 is 2.15 bits per heavy atom. The van der Waals surface area contributed by atoms with Crippen molar-refractivity contribution >= 4 is 23.7 Å². The average molecular weight is 375 g/mol. The van der Waals surface area contributed by atoms with E-state index in [2.05, 4.69) is 5.32 Å². The summed E-state index contributed by atoms with van der Waals surface area (Å²) < 4.78 is 20.7. The summed E-state index contributed by atoms with van der Waals surface area (Å²) in [6.45, 7) is 4.67. The van der Waals surface area contributed by atoms with Crippen LogP contribution in [-0.4, -0.2) is 37.7 Å². The number of amides is 1. The van der Waals surface area contributed by atoms with E-state index in [0.717, 1.165) is 0 Å². The Bertz CT molecular complexity index is 811. The van der Waals surface area contributed by atoms with Gasteiger partial charge in [0.2, 0.25) is 5.88 Å². The Morgan fingerprint density at radius 1 is 0.963 bits per heavy atom. The number of carbonyl (C=O) groups excluding carboxylic acids is 3. The highest BCUT2D eigenvalue weighted by Gasteiger charge is 2.31. The van der Waals surface area contributed by atoms with Crippen LogP contribution in [0.25, 0.3) is 0 Å². The summed E-state index contributed by atoms with van der Waals surface area (Å²) in [7, 11) is 0. The van der Waals surface area contributed by atoms with E-state index in [1.165, 1.54) is 6.92 Å². The molecule has 0 radical (unpaired) electrons. The van der Waals surface area contributed by atoms with Crippen molar-refractivity contribution in [1.82, 2.24) is 0 Å². The number of esters is 2. The average Bonchev–Trinajstić information content (AvgIpc) is 2.97. The molecule has 8 nitrogen and oxygen atoms in total. The van der Waals surface area contributed by atoms with Gasteiger partial charge in [0.15, 0.2) is 6.61 Å². The lowest BCUT2D eigenvalue weighted by Crippen LogP contribution is -2.22. The maximum absolute atomic E-state index is 12.3. The number of ether oxygens (including phenoxy) is 3. The normalized spacial score (nSPS) is 10.2. The molecule has 0 aliphatic rings. The van der Waals surface area contributed by atoms with Crippen molar-refractivity contribution in [2.45, 2.75) is 20.8 Å². The second-order valence-electron chi connectivity index (χ2n) is 5.33. The van der Waals surface area contributed by atoms with Crippen LogP contribution in [0, 0.1) is 6.92 Å². The predicted molar refractivity (Wildman–Crippen MR) is 95.9 cm³/mol. The molecular formula is C19H21NO7. The number of nitrogens with one attached hydrogen (secondary N) is 1. The first-order chi connectivity index (χ1) is 13.0. The monoisotopic (exact) mass is 375 g/mol. The third-order valence-electron chi connectivity index (χ3n) is 3.41.